The van der Waals surface area contributed by atoms with E-state index in [-0.39, 0.29) is 12.5 Å². The zero-order valence-corrected chi connectivity index (χ0v) is 13.7. The number of fused-ring (bicyclic) bond motifs is 1. The molecule has 124 valence electrons. The molecule has 3 aliphatic heterocycles. The molecular weight excluding hydrogens is 310 g/mol. The second-order valence-corrected chi connectivity index (χ2v) is 8.33. The van der Waals surface area contributed by atoms with Crippen molar-refractivity contribution in [1.29, 1.82) is 0 Å². The molecule has 5 atom stereocenters. The van der Waals surface area contributed by atoms with Gasteiger partial charge in [0.15, 0.2) is 0 Å². The first-order valence-electron chi connectivity index (χ1n) is 7.26. The number of ether oxygens (including phenoxy) is 2. The number of nitrogens with one attached hydrogen (secondary N) is 1. The maximum atomic E-state index is 12.1. The fourth-order valence-electron chi connectivity index (χ4n) is 3.95. The molecule has 7 nitrogen and oxygen atoms in total. The van der Waals surface area contributed by atoms with E-state index in [1.165, 1.54) is 6.08 Å². The number of amides is 1. The number of carbonyl (C=O) groups is 1. The second-order valence-electron chi connectivity index (χ2n) is 6.57. The highest BCUT2D eigenvalue weighted by atomic mass is 32.2. The molecule has 3 heterocycles. The third-order valence-corrected chi connectivity index (χ3v) is 7.19. The molecule has 2 bridgehead atoms. The first kappa shape index (κ1) is 15.9. The average Bonchev–Trinajstić information content (AvgIpc) is 2.93. The van der Waals surface area contributed by atoms with Crippen LogP contribution in [0.1, 0.15) is 27.2 Å². The zero-order chi connectivity index (χ0) is 16.4. The first-order valence-corrected chi connectivity index (χ1v) is 8.73. The summed E-state index contributed by atoms with van der Waals surface area (Å²) >= 11 is 0. The van der Waals surface area contributed by atoms with Crippen LogP contribution < -0.4 is 5.32 Å². The molecule has 5 unspecified atom stereocenters. The molecule has 0 spiro atoms. The SMILES string of the molecule is C=CC(=O)NCCOC1(C)C2(C)CC3C(O2)C1(C)OS3(=O)=O. The van der Waals surface area contributed by atoms with Crippen LogP contribution >= 0.6 is 0 Å². The van der Waals surface area contributed by atoms with Gasteiger partial charge in [-0.25, -0.2) is 0 Å². The van der Waals surface area contributed by atoms with Crippen molar-refractivity contribution < 1.29 is 26.9 Å². The molecule has 3 saturated heterocycles. The van der Waals surface area contributed by atoms with Crippen LogP contribution in [0, 0.1) is 0 Å². The van der Waals surface area contributed by atoms with E-state index < -0.39 is 38.3 Å². The Morgan fingerprint density at radius 3 is 2.77 bits per heavy atom. The highest BCUT2D eigenvalue weighted by Gasteiger charge is 2.82. The lowest BCUT2D eigenvalue weighted by Crippen LogP contribution is -2.64. The maximum Gasteiger partial charge on any atom is 0.273 e. The molecule has 0 aromatic heterocycles. The third-order valence-electron chi connectivity index (χ3n) is 5.45. The van der Waals surface area contributed by atoms with Crippen LogP contribution in [0.2, 0.25) is 0 Å². The van der Waals surface area contributed by atoms with Crippen LogP contribution in [0.5, 0.6) is 0 Å². The monoisotopic (exact) mass is 331 g/mol. The predicted molar refractivity (Wildman–Crippen MR) is 77.7 cm³/mol. The summed E-state index contributed by atoms with van der Waals surface area (Å²) in [5, 5.41) is 1.99. The Hall–Kier alpha value is -0.960. The van der Waals surface area contributed by atoms with Crippen molar-refractivity contribution in [2.24, 2.45) is 0 Å². The smallest absolute Gasteiger partial charge is 0.273 e. The van der Waals surface area contributed by atoms with Gasteiger partial charge in [0, 0.05) is 13.0 Å². The van der Waals surface area contributed by atoms with Gasteiger partial charge in [-0.3, -0.25) is 8.98 Å². The number of hydrogen-bond donors (Lipinski definition) is 1. The molecule has 0 aromatic carbocycles. The summed E-state index contributed by atoms with van der Waals surface area (Å²) in [7, 11) is -3.63. The van der Waals surface area contributed by atoms with E-state index in [4.69, 9.17) is 13.7 Å². The Kier molecular flexibility index (Phi) is 3.28. The van der Waals surface area contributed by atoms with E-state index >= 15 is 0 Å². The molecule has 0 saturated carbocycles. The highest BCUT2D eigenvalue weighted by molar-refractivity contribution is 7.87. The van der Waals surface area contributed by atoms with Crippen molar-refractivity contribution >= 4 is 16.0 Å². The Morgan fingerprint density at radius 2 is 2.14 bits per heavy atom. The number of hydrogen-bond acceptors (Lipinski definition) is 6. The van der Waals surface area contributed by atoms with E-state index in [0.717, 1.165) is 0 Å². The average molecular weight is 331 g/mol. The standard InChI is InChI=1S/C14H21NO6S/c1-5-10(16)15-6-7-19-14(4)12(2)8-9-11(20-12)13(14,3)21-22(9,17)18/h5,9,11H,1,6-8H2,2-4H3,(H,15,16). The van der Waals surface area contributed by atoms with E-state index in [1.54, 1.807) is 6.92 Å². The van der Waals surface area contributed by atoms with Gasteiger partial charge in [0.05, 0.1) is 12.2 Å². The maximum absolute atomic E-state index is 12.1. The van der Waals surface area contributed by atoms with Gasteiger partial charge in [0.2, 0.25) is 5.91 Å². The Morgan fingerprint density at radius 1 is 1.45 bits per heavy atom. The van der Waals surface area contributed by atoms with E-state index in [9.17, 15) is 13.2 Å². The Bertz CT molecular complexity index is 633. The van der Waals surface area contributed by atoms with Gasteiger partial charge in [-0.15, -0.1) is 0 Å². The van der Waals surface area contributed by atoms with Crippen LogP contribution in [0.25, 0.3) is 0 Å². The largest absolute Gasteiger partial charge is 0.367 e. The van der Waals surface area contributed by atoms with Crippen molar-refractivity contribution in [2.75, 3.05) is 13.2 Å². The summed E-state index contributed by atoms with van der Waals surface area (Å²) in [6.45, 7) is 9.30. The van der Waals surface area contributed by atoms with Crippen LogP contribution in [0.15, 0.2) is 12.7 Å². The lowest BCUT2D eigenvalue weighted by atomic mass is 9.67. The first-order chi connectivity index (χ1) is 10.1. The minimum absolute atomic E-state index is 0.228. The molecule has 3 aliphatic rings. The third kappa shape index (κ3) is 1.78. The van der Waals surface area contributed by atoms with Crippen molar-refractivity contribution in [2.45, 2.75) is 55.3 Å². The minimum atomic E-state index is -3.63. The highest BCUT2D eigenvalue weighted by Crippen LogP contribution is 2.64. The second kappa shape index (κ2) is 4.53. The molecule has 3 rings (SSSR count). The van der Waals surface area contributed by atoms with Crippen LogP contribution in [0.4, 0.5) is 0 Å². The summed E-state index contributed by atoms with van der Waals surface area (Å²) in [4.78, 5) is 11.1. The van der Waals surface area contributed by atoms with Gasteiger partial charge >= 0.3 is 0 Å². The quantitative estimate of drug-likeness (QED) is 0.437. The zero-order valence-electron chi connectivity index (χ0n) is 12.9. The van der Waals surface area contributed by atoms with Crippen LogP contribution in [0.3, 0.4) is 0 Å². The Balaban J connectivity index is 1.79. The normalized spacial score (nSPS) is 47.6. The summed E-state index contributed by atoms with van der Waals surface area (Å²) in [5.41, 5.74) is -2.70. The van der Waals surface area contributed by atoms with Gasteiger partial charge in [-0.2, -0.15) is 8.42 Å². The van der Waals surface area contributed by atoms with Gasteiger partial charge in [-0.1, -0.05) is 6.58 Å². The molecule has 22 heavy (non-hydrogen) atoms. The number of rotatable bonds is 5. The van der Waals surface area contributed by atoms with Crippen molar-refractivity contribution in [3.05, 3.63) is 12.7 Å². The van der Waals surface area contributed by atoms with Crippen molar-refractivity contribution in [3.63, 3.8) is 0 Å². The fourth-order valence-corrected chi connectivity index (χ4v) is 5.95. The molecular formula is C14H21NO6S. The molecule has 1 amide bonds. The Labute approximate surface area is 130 Å². The molecule has 0 aliphatic carbocycles. The van der Waals surface area contributed by atoms with E-state index in [0.29, 0.717) is 13.0 Å². The summed E-state index contributed by atoms with van der Waals surface area (Å²) in [6, 6.07) is 0. The van der Waals surface area contributed by atoms with Gasteiger partial charge < -0.3 is 14.8 Å². The summed E-state index contributed by atoms with van der Waals surface area (Å²) in [5.74, 6) is -0.282. The molecule has 8 heteroatoms. The summed E-state index contributed by atoms with van der Waals surface area (Å²) in [6.07, 6.45) is 1.02. The van der Waals surface area contributed by atoms with Crippen molar-refractivity contribution in [1.82, 2.24) is 5.32 Å². The topological polar surface area (TPSA) is 90.9 Å². The predicted octanol–water partition coefficient (Wildman–Crippen LogP) is 0.112. The molecule has 0 aromatic rings. The van der Waals surface area contributed by atoms with E-state index in [1.807, 2.05) is 13.8 Å². The summed E-state index contributed by atoms with van der Waals surface area (Å²) < 4.78 is 41.7. The molecule has 3 fully saturated rings. The van der Waals surface area contributed by atoms with Gasteiger partial charge in [0.25, 0.3) is 10.1 Å². The number of carbonyl (C=O) groups excluding carboxylic acids is 1. The van der Waals surface area contributed by atoms with Crippen LogP contribution in [-0.2, 0) is 28.6 Å². The van der Waals surface area contributed by atoms with Crippen LogP contribution in [-0.4, -0.2) is 55.6 Å². The molecule has 0 radical (unpaired) electrons. The van der Waals surface area contributed by atoms with Gasteiger partial charge in [0.1, 0.15) is 22.6 Å². The van der Waals surface area contributed by atoms with E-state index in [2.05, 4.69) is 11.9 Å². The van der Waals surface area contributed by atoms with Crippen molar-refractivity contribution in [3.8, 4) is 0 Å². The lowest BCUT2D eigenvalue weighted by Gasteiger charge is -2.45. The molecule has 1 N–H and O–H groups in total. The minimum Gasteiger partial charge on any atom is -0.367 e. The lowest BCUT2D eigenvalue weighted by molar-refractivity contribution is -0.174. The van der Waals surface area contributed by atoms with Gasteiger partial charge in [-0.05, 0) is 26.8 Å². The fraction of sp³-hybridized carbons (Fsp3) is 0.786.